The van der Waals surface area contributed by atoms with Gasteiger partial charge in [-0.2, -0.15) is 5.26 Å². The van der Waals surface area contributed by atoms with Gasteiger partial charge in [-0.15, -0.1) is 0 Å². The Balaban J connectivity index is 2.31. The van der Waals surface area contributed by atoms with Crippen LogP contribution in [0.15, 0.2) is 42.5 Å². The van der Waals surface area contributed by atoms with Gasteiger partial charge in [0.05, 0.1) is 12.0 Å². The summed E-state index contributed by atoms with van der Waals surface area (Å²) in [6, 6.07) is 14.9. The van der Waals surface area contributed by atoms with Crippen LogP contribution in [-0.2, 0) is 6.42 Å². The fourth-order valence-corrected chi connectivity index (χ4v) is 2.65. The molecule has 0 amide bonds. The Kier molecular flexibility index (Phi) is 4.71. The highest BCUT2D eigenvalue weighted by atomic mass is 35.5. The number of hydrogen-bond donors (Lipinski definition) is 0. The second-order valence-electron chi connectivity index (χ2n) is 4.14. The minimum Gasteiger partial charge on any atom is -0.198 e. The molecule has 0 aliphatic rings. The van der Waals surface area contributed by atoms with Crippen molar-refractivity contribution in [3.63, 3.8) is 0 Å². The second-order valence-corrected chi connectivity index (χ2v) is 5.39. The minimum absolute atomic E-state index is 0.343. The van der Waals surface area contributed by atoms with Crippen molar-refractivity contribution in [3.8, 4) is 6.07 Å². The quantitative estimate of drug-likeness (QED) is 0.734. The summed E-state index contributed by atoms with van der Waals surface area (Å²) in [7, 11) is 0. The number of benzene rings is 2. The first kappa shape index (κ1) is 14.2. The van der Waals surface area contributed by atoms with E-state index in [2.05, 4.69) is 6.07 Å². The maximum Gasteiger partial charge on any atom is 0.0767 e. The number of nitrogens with zero attached hydrogens (tertiary/aromatic N) is 1. The molecule has 0 bridgehead atoms. The Labute approximate surface area is 127 Å². The summed E-state index contributed by atoms with van der Waals surface area (Å²) in [5.41, 5.74) is 1.70. The van der Waals surface area contributed by atoms with Crippen LogP contribution in [0.2, 0.25) is 15.1 Å². The highest BCUT2D eigenvalue weighted by molar-refractivity contribution is 6.35. The topological polar surface area (TPSA) is 23.8 Å². The van der Waals surface area contributed by atoms with E-state index >= 15 is 0 Å². The summed E-state index contributed by atoms with van der Waals surface area (Å²) in [5.74, 6) is -0.343. The molecule has 0 N–H and O–H groups in total. The van der Waals surface area contributed by atoms with Crippen LogP contribution in [-0.4, -0.2) is 0 Å². The largest absolute Gasteiger partial charge is 0.198 e. The highest BCUT2D eigenvalue weighted by Gasteiger charge is 2.16. The standard InChI is InChI=1S/C15H10Cl3N/c16-12-5-6-13(15(18)8-12)11(9-19)7-10-3-1-2-4-14(10)17/h1-6,8,11H,7H2/t11-/m1/s1. The summed E-state index contributed by atoms with van der Waals surface area (Å²) in [6.07, 6.45) is 0.525. The molecule has 0 heterocycles. The van der Waals surface area contributed by atoms with Gasteiger partial charge in [-0.3, -0.25) is 0 Å². The van der Waals surface area contributed by atoms with Crippen molar-refractivity contribution in [1.29, 1.82) is 5.26 Å². The van der Waals surface area contributed by atoms with E-state index in [-0.39, 0.29) is 5.92 Å². The molecule has 2 aromatic carbocycles. The van der Waals surface area contributed by atoms with Gasteiger partial charge in [0.25, 0.3) is 0 Å². The van der Waals surface area contributed by atoms with Gasteiger partial charge < -0.3 is 0 Å². The molecule has 0 saturated carbocycles. The smallest absolute Gasteiger partial charge is 0.0767 e. The van der Waals surface area contributed by atoms with Crippen molar-refractivity contribution in [2.45, 2.75) is 12.3 Å². The van der Waals surface area contributed by atoms with Gasteiger partial charge in [0, 0.05) is 15.1 Å². The van der Waals surface area contributed by atoms with E-state index in [1.54, 1.807) is 18.2 Å². The Bertz CT molecular complexity index is 632. The van der Waals surface area contributed by atoms with Gasteiger partial charge in [-0.25, -0.2) is 0 Å². The molecular formula is C15H10Cl3N. The number of rotatable bonds is 3. The van der Waals surface area contributed by atoms with E-state index in [9.17, 15) is 5.26 Å². The van der Waals surface area contributed by atoms with Crippen molar-refractivity contribution in [2.24, 2.45) is 0 Å². The molecule has 1 nitrogen and oxygen atoms in total. The Morgan fingerprint density at radius 1 is 1.00 bits per heavy atom. The van der Waals surface area contributed by atoms with E-state index in [0.717, 1.165) is 11.1 Å². The van der Waals surface area contributed by atoms with Crippen LogP contribution < -0.4 is 0 Å². The molecule has 96 valence electrons. The molecule has 2 aromatic rings. The fourth-order valence-electron chi connectivity index (χ4n) is 1.89. The van der Waals surface area contributed by atoms with E-state index in [0.29, 0.717) is 21.5 Å². The zero-order valence-electron chi connectivity index (χ0n) is 9.91. The van der Waals surface area contributed by atoms with Crippen LogP contribution in [0.25, 0.3) is 0 Å². The van der Waals surface area contributed by atoms with Crippen LogP contribution in [0.5, 0.6) is 0 Å². The minimum atomic E-state index is -0.343. The van der Waals surface area contributed by atoms with E-state index in [1.165, 1.54) is 0 Å². The molecule has 0 saturated heterocycles. The molecule has 0 spiro atoms. The lowest BCUT2D eigenvalue weighted by Crippen LogP contribution is -2.02. The predicted octanol–water partition coefficient (Wildman–Crippen LogP) is 5.50. The zero-order valence-corrected chi connectivity index (χ0v) is 12.2. The Morgan fingerprint density at radius 2 is 1.74 bits per heavy atom. The third kappa shape index (κ3) is 3.42. The van der Waals surface area contributed by atoms with Crippen LogP contribution in [0.1, 0.15) is 17.0 Å². The van der Waals surface area contributed by atoms with Crippen LogP contribution >= 0.6 is 34.8 Å². The molecule has 0 aliphatic heterocycles. The van der Waals surface area contributed by atoms with Crippen molar-refractivity contribution in [2.75, 3.05) is 0 Å². The average Bonchev–Trinajstić information content (AvgIpc) is 2.39. The van der Waals surface area contributed by atoms with Crippen molar-refractivity contribution in [1.82, 2.24) is 0 Å². The summed E-state index contributed by atoms with van der Waals surface area (Å²) >= 11 is 18.1. The van der Waals surface area contributed by atoms with E-state index in [1.807, 2.05) is 24.3 Å². The summed E-state index contributed by atoms with van der Waals surface area (Å²) in [6.45, 7) is 0. The normalized spacial score (nSPS) is 11.9. The Hall–Kier alpha value is -1.20. The van der Waals surface area contributed by atoms with Gasteiger partial charge >= 0.3 is 0 Å². The SMILES string of the molecule is N#C[C@@H](Cc1ccccc1Cl)c1ccc(Cl)cc1Cl. The number of nitriles is 1. The van der Waals surface area contributed by atoms with Crippen LogP contribution in [0.3, 0.4) is 0 Å². The summed E-state index contributed by atoms with van der Waals surface area (Å²) < 4.78 is 0. The van der Waals surface area contributed by atoms with E-state index in [4.69, 9.17) is 34.8 Å². The maximum atomic E-state index is 9.34. The predicted molar refractivity (Wildman–Crippen MR) is 80.0 cm³/mol. The third-order valence-electron chi connectivity index (χ3n) is 2.88. The summed E-state index contributed by atoms with van der Waals surface area (Å²) in [5, 5.41) is 11.1. The molecule has 1 atom stereocenters. The first-order chi connectivity index (χ1) is 9.11. The second kappa shape index (κ2) is 6.30. The summed E-state index contributed by atoms with van der Waals surface area (Å²) in [4.78, 5) is 0. The van der Waals surface area contributed by atoms with Crippen molar-refractivity contribution >= 4 is 34.8 Å². The highest BCUT2D eigenvalue weighted by Crippen LogP contribution is 2.31. The molecule has 0 fully saturated rings. The zero-order chi connectivity index (χ0) is 13.8. The molecule has 0 aromatic heterocycles. The Morgan fingerprint density at radius 3 is 2.37 bits per heavy atom. The van der Waals surface area contributed by atoms with Crippen LogP contribution in [0, 0.1) is 11.3 Å². The average molecular weight is 311 g/mol. The van der Waals surface area contributed by atoms with Gasteiger partial charge in [0.2, 0.25) is 0 Å². The lowest BCUT2D eigenvalue weighted by molar-refractivity contribution is 0.849. The first-order valence-corrected chi connectivity index (χ1v) is 6.83. The van der Waals surface area contributed by atoms with Crippen molar-refractivity contribution in [3.05, 3.63) is 68.7 Å². The molecule has 2 rings (SSSR count). The molecular weight excluding hydrogens is 301 g/mol. The number of hydrogen-bond acceptors (Lipinski definition) is 1. The van der Waals surface area contributed by atoms with Gasteiger partial charge in [0.15, 0.2) is 0 Å². The molecule has 0 aliphatic carbocycles. The fraction of sp³-hybridized carbons (Fsp3) is 0.133. The number of halogens is 3. The maximum absolute atomic E-state index is 9.34. The molecule has 19 heavy (non-hydrogen) atoms. The molecule has 4 heteroatoms. The lowest BCUT2D eigenvalue weighted by Gasteiger charge is -2.12. The van der Waals surface area contributed by atoms with Gasteiger partial charge in [-0.1, -0.05) is 59.1 Å². The van der Waals surface area contributed by atoms with Gasteiger partial charge in [0.1, 0.15) is 0 Å². The van der Waals surface area contributed by atoms with E-state index < -0.39 is 0 Å². The monoisotopic (exact) mass is 309 g/mol. The van der Waals surface area contributed by atoms with Crippen LogP contribution in [0.4, 0.5) is 0 Å². The molecule has 0 radical (unpaired) electrons. The van der Waals surface area contributed by atoms with Crippen molar-refractivity contribution < 1.29 is 0 Å². The van der Waals surface area contributed by atoms with Gasteiger partial charge in [-0.05, 0) is 35.7 Å². The first-order valence-electron chi connectivity index (χ1n) is 5.70. The third-order valence-corrected chi connectivity index (χ3v) is 3.81. The lowest BCUT2D eigenvalue weighted by atomic mass is 9.93. The molecule has 0 unspecified atom stereocenters.